The molecule has 0 aromatic carbocycles. The predicted octanol–water partition coefficient (Wildman–Crippen LogP) is 1.27. The van der Waals surface area contributed by atoms with E-state index in [1.165, 1.54) is 5.56 Å². The van der Waals surface area contributed by atoms with E-state index in [1.807, 2.05) is 12.1 Å². The maximum atomic E-state index is 10.6. The average Bonchev–Trinajstić information content (AvgIpc) is 2.26. The van der Waals surface area contributed by atoms with Gasteiger partial charge in [0.15, 0.2) is 0 Å². The van der Waals surface area contributed by atoms with Crippen molar-refractivity contribution in [2.24, 2.45) is 0 Å². The second-order valence-corrected chi connectivity index (χ2v) is 4.35. The molecule has 0 spiro atoms. The maximum Gasteiger partial charge on any atom is 0.228 e. The average molecular weight is 223 g/mol. The highest BCUT2D eigenvalue weighted by atomic mass is 16.6. The molecule has 0 saturated carbocycles. The van der Waals surface area contributed by atoms with Crippen molar-refractivity contribution in [1.82, 2.24) is 10.3 Å². The Bertz CT molecular complexity index is 338. The molecular weight excluding hydrogens is 206 g/mol. The standard InChI is InChI=1S/C11H17N3O2/c1-11(2,14(15)16)9-13-8-5-10-3-6-12-7-4-10/h3-4,6-7,13H,5,8-9H2,1-2H3. The van der Waals surface area contributed by atoms with Crippen molar-refractivity contribution < 1.29 is 4.92 Å². The molecule has 0 bridgehead atoms. The van der Waals surface area contributed by atoms with E-state index in [0.717, 1.165) is 13.0 Å². The van der Waals surface area contributed by atoms with Crippen LogP contribution < -0.4 is 5.32 Å². The summed E-state index contributed by atoms with van der Waals surface area (Å²) >= 11 is 0. The number of rotatable bonds is 6. The molecule has 1 aromatic rings. The van der Waals surface area contributed by atoms with E-state index in [1.54, 1.807) is 26.2 Å². The molecule has 16 heavy (non-hydrogen) atoms. The Balaban J connectivity index is 2.25. The van der Waals surface area contributed by atoms with Gasteiger partial charge in [0.25, 0.3) is 0 Å². The third-order valence-electron chi connectivity index (χ3n) is 2.39. The zero-order valence-electron chi connectivity index (χ0n) is 9.64. The van der Waals surface area contributed by atoms with Crippen LogP contribution in [0.5, 0.6) is 0 Å². The lowest BCUT2D eigenvalue weighted by Crippen LogP contribution is -2.42. The van der Waals surface area contributed by atoms with Crippen LogP contribution in [0, 0.1) is 10.1 Å². The smallest absolute Gasteiger partial charge is 0.228 e. The lowest BCUT2D eigenvalue weighted by atomic mass is 10.1. The minimum atomic E-state index is -0.905. The Kier molecular flexibility index (Phi) is 4.37. The third-order valence-corrected chi connectivity index (χ3v) is 2.39. The lowest BCUT2D eigenvalue weighted by Gasteiger charge is -2.15. The highest BCUT2D eigenvalue weighted by molar-refractivity contribution is 5.09. The van der Waals surface area contributed by atoms with Gasteiger partial charge in [0.2, 0.25) is 5.54 Å². The second kappa shape index (κ2) is 5.55. The fourth-order valence-corrected chi connectivity index (χ4v) is 1.24. The SMILES string of the molecule is CC(C)(CNCCc1ccncc1)[N+](=O)[O-]. The van der Waals surface area contributed by atoms with Crippen molar-refractivity contribution in [3.05, 3.63) is 40.2 Å². The molecule has 0 saturated heterocycles. The van der Waals surface area contributed by atoms with Gasteiger partial charge in [0, 0.05) is 31.2 Å². The minimum absolute atomic E-state index is 0.258. The summed E-state index contributed by atoms with van der Waals surface area (Å²) in [5.41, 5.74) is 0.277. The summed E-state index contributed by atoms with van der Waals surface area (Å²) in [5.74, 6) is 0. The summed E-state index contributed by atoms with van der Waals surface area (Å²) in [6.07, 6.45) is 4.35. The van der Waals surface area contributed by atoms with Crippen LogP contribution in [0.3, 0.4) is 0 Å². The molecule has 88 valence electrons. The van der Waals surface area contributed by atoms with E-state index < -0.39 is 5.54 Å². The Morgan fingerprint density at radius 3 is 2.62 bits per heavy atom. The normalized spacial score (nSPS) is 11.4. The van der Waals surface area contributed by atoms with Crippen LogP contribution >= 0.6 is 0 Å². The zero-order valence-corrected chi connectivity index (χ0v) is 9.64. The summed E-state index contributed by atoms with van der Waals surface area (Å²) in [5, 5.41) is 13.7. The largest absolute Gasteiger partial charge is 0.310 e. The molecular formula is C11H17N3O2. The van der Waals surface area contributed by atoms with Crippen LogP contribution in [0.1, 0.15) is 19.4 Å². The molecule has 1 rings (SSSR count). The third kappa shape index (κ3) is 3.94. The van der Waals surface area contributed by atoms with Gasteiger partial charge in [0.05, 0.1) is 6.54 Å². The van der Waals surface area contributed by atoms with Crippen LogP contribution in [0.15, 0.2) is 24.5 Å². The summed E-state index contributed by atoms with van der Waals surface area (Å²) < 4.78 is 0. The van der Waals surface area contributed by atoms with Gasteiger partial charge in [0.1, 0.15) is 0 Å². The molecule has 0 atom stereocenters. The van der Waals surface area contributed by atoms with Crippen molar-refractivity contribution in [3.63, 3.8) is 0 Å². The van der Waals surface area contributed by atoms with Crippen molar-refractivity contribution >= 4 is 0 Å². The topological polar surface area (TPSA) is 68.1 Å². The van der Waals surface area contributed by atoms with Gasteiger partial charge in [-0.2, -0.15) is 0 Å². The molecule has 1 aromatic heterocycles. The fraction of sp³-hybridized carbons (Fsp3) is 0.545. The first-order valence-corrected chi connectivity index (χ1v) is 5.26. The Morgan fingerprint density at radius 2 is 2.06 bits per heavy atom. The van der Waals surface area contributed by atoms with Crippen LogP contribution in [0.4, 0.5) is 0 Å². The molecule has 1 N–H and O–H groups in total. The number of nitrogens with one attached hydrogen (secondary N) is 1. The summed E-state index contributed by atoms with van der Waals surface area (Å²) in [6.45, 7) is 4.35. The molecule has 0 aliphatic heterocycles. The second-order valence-electron chi connectivity index (χ2n) is 4.35. The first-order chi connectivity index (χ1) is 7.52. The minimum Gasteiger partial charge on any atom is -0.310 e. The van der Waals surface area contributed by atoms with Gasteiger partial charge >= 0.3 is 0 Å². The van der Waals surface area contributed by atoms with E-state index in [0.29, 0.717) is 6.54 Å². The first kappa shape index (κ1) is 12.6. The van der Waals surface area contributed by atoms with Gasteiger partial charge in [-0.15, -0.1) is 0 Å². The van der Waals surface area contributed by atoms with Crippen LogP contribution in [0.2, 0.25) is 0 Å². The number of nitro groups is 1. The van der Waals surface area contributed by atoms with E-state index >= 15 is 0 Å². The van der Waals surface area contributed by atoms with E-state index in [-0.39, 0.29) is 4.92 Å². The summed E-state index contributed by atoms with van der Waals surface area (Å²) in [4.78, 5) is 14.3. The van der Waals surface area contributed by atoms with E-state index in [4.69, 9.17) is 0 Å². The number of pyridine rings is 1. The molecule has 5 heteroatoms. The molecule has 1 heterocycles. The molecule has 0 amide bonds. The predicted molar refractivity (Wildman–Crippen MR) is 61.9 cm³/mol. The number of aromatic nitrogens is 1. The number of hydrogen-bond acceptors (Lipinski definition) is 4. The molecule has 0 fully saturated rings. The monoisotopic (exact) mass is 223 g/mol. The Morgan fingerprint density at radius 1 is 1.44 bits per heavy atom. The molecule has 5 nitrogen and oxygen atoms in total. The lowest BCUT2D eigenvalue weighted by molar-refractivity contribution is -0.558. The molecule has 0 aliphatic rings. The summed E-state index contributed by atoms with van der Waals surface area (Å²) in [7, 11) is 0. The van der Waals surface area contributed by atoms with Gasteiger partial charge < -0.3 is 5.32 Å². The van der Waals surface area contributed by atoms with Crippen molar-refractivity contribution in [2.75, 3.05) is 13.1 Å². The number of hydrogen-bond donors (Lipinski definition) is 1. The fourth-order valence-electron chi connectivity index (χ4n) is 1.24. The van der Waals surface area contributed by atoms with Crippen LogP contribution in [-0.4, -0.2) is 28.5 Å². The van der Waals surface area contributed by atoms with Gasteiger partial charge in [-0.05, 0) is 30.7 Å². The Hall–Kier alpha value is -1.49. The van der Waals surface area contributed by atoms with Crippen LogP contribution in [-0.2, 0) is 6.42 Å². The molecule has 0 unspecified atom stereocenters. The van der Waals surface area contributed by atoms with Gasteiger partial charge in [-0.1, -0.05) is 0 Å². The molecule has 0 radical (unpaired) electrons. The highest BCUT2D eigenvalue weighted by Crippen LogP contribution is 2.05. The maximum absolute atomic E-state index is 10.6. The van der Waals surface area contributed by atoms with Gasteiger partial charge in [-0.25, -0.2) is 0 Å². The van der Waals surface area contributed by atoms with Crippen molar-refractivity contribution in [2.45, 2.75) is 25.8 Å². The van der Waals surface area contributed by atoms with Crippen molar-refractivity contribution in [1.29, 1.82) is 0 Å². The van der Waals surface area contributed by atoms with Crippen LogP contribution in [0.25, 0.3) is 0 Å². The molecule has 0 aliphatic carbocycles. The zero-order chi connectivity index (χ0) is 12.0. The Labute approximate surface area is 95.0 Å². The first-order valence-electron chi connectivity index (χ1n) is 5.26. The van der Waals surface area contributed by atoms with Gasteiger partial charge in [-0.3, -0.25) is 15.1 Å². The van der Waals surface area contributed by atoms with Crippen molar-refractivity contribution in [3.8, 4) is 0 Å². The van der Waals surface area contributed by atoms with E-state index in [2.05, 4.69) is 10.3 Å². The highest BCUT2D eigenvalue weighted by Gasteiger charge is 2.29. The number of nitrogens with zero attached hydrogens (tertiary/aromatic N) is 2. The van der Waals surface area contributed by atoms with E-state index in [9.17, 15) is 10.1 Å². The summed E-state index contributed by atoms with van der Waals surface area (Å²) in [6, 6.07) is 3.89. The quantitative estimate of drug-likeness (QED) is 0.448.